The number of alkyl halides is 3. The van der Waals surface area contributed by atoms with Crippen LogP contribution in [0.1, 0.15) is 15.9 Å². The summed E-state index contributed by atoms with van der Waals surface area (Å²) in [5.41, 5.74) is 4.86. The standard InChI is InChI=1S/C27H19F3O3/c28-27(29,30)33-25-13-10-22(11-14-25)23-12-15-26(24(16-23)17-31)32-18-19-6-8-21(9-7-19)20-4-2-1-3-5-20/h1-17H,18H2. The zero-order valence-corrected chi connectivity index (χ0v) is 17.4. The third kappa shape index (κ3) is 5.80. The van der Waals surface area contributed by atoms with Gasteiger partial charge in [-0.15, -0.1) is 13.2 Å². The van der Waals surface area contributed by atoms with E-state index in [-0.39, 0.29) is 5.75 Å². The molecule has 3 nitrogen and oxygen atoms in total. The molecule has 0 radical (unpaired) electrons. The Hall–Kier alpha value is -4.06. The summed E-state index contributed by atoms with van der Waals surface area (Å²) in [6.45, 7) is 0.290. The molecule has 0 aliphatic carbocycles. The Morgan fingerprint density at radius 1 is 0.697 bits per heavy atom. The maximum Gasteiger partial charge on any atom is 0.573 e. The summed E-state index contributed by atoms with van der Waals surface area (Å²) < 4.78 is 46.7. The fourth-order valence-corrected chi connectivity index (χ4v) is 3.39. The number of carbonyl (C=O) groups excluding carboxylic acids is 1. The first-order valence-electron chi connectivity index (χ1n) is 10.1. The Balaban J connectivity index is 1.44. The van der Waals surface area contributed by atoms with Crippen molar-refractivity contribution in [2.24, 2.45) is 0 Å². The summed E-state index contributed by atoms with van der Waals surface area (Å²) in [4.78, 5) is 11.6. The number of hydrogen-bond acceptors (Lipinski definition) is 3. The lowest BCUT2D eigenvalue weighted by atomic mass is 10.0. The van der Waals surface area contributed by atoms with Gasteiger partial charge in [-0.05, 0) is 52.1 Å². The van der Waals surface area contributed by atoms with Crippen molar-refractivity contribution in [2.75, 3.05) is 0 Å². The van der Waals surface area contributed by atoms with E-state index >= 15 is 0 Å². The number of hydrogen-bond donors (Lipinski definition) is 0. The molecule has 0 bridgehead atoms. The van der Waals surface area contributed by atoms with Crippen molar-refractivity contribution < 1.29 is 27.4 Å². The van der Waals surface area contributed by atoms with Gasteiger partial charge in [0.1, 0.15) is 18.1 Å². The van der Waals surface area contributed by atoms with E-state index in [1.54, 1.807) is 18.2 Å². The van der Waals surface area contributed by atoms with Gasteiger partial charge in [-0.2, -0.15) is 0 Å². The second-order valence-electron chi connectivity index (χ2n) is 7.29. The van der Waals surface area contributed by atoms with Gasteiger partial charge in [0, 0.05) is 0 Å². The lowest BCUT2D eigenvalue weighted by Gasteiger charge is -2.12. The van der Waals surface area contributed by atoms with Crippen molar-refractivity contribution in [1.29, 1.82) is 0 Å². The van der Waals surface area contributed by atoms with Crippen molar-refractivity contribution >= 4 is 6.29 Å². The summed E-state index contributed by atoms with van der Waals surface area (Å²) in [5.74, 6) is 0.123. The molecule has 0 saturated heterocycles. The van der Waals surface area contributed by atoms with Gasteiger partial charge < -0.3 is 9.47 Å². The highest BCUT2D eigenvalue weighted by molar-refractivity contribution is 5.83. The Morgan fingerprint density at radius 2 is 1.27 bits per heavy atom. The van der Waals surface area contributed by atoms with E-state index in [1.807, 2.05) is 54.6 Å². The molecule has 0 unspecified atom stereocenters. The molecule has 0 aliphatic heterocycles. The lowest BCUT2D eigenvalue weighted by molar-refractivity contribution is -0.274. The number of rotatable bonds is 7. The highest BCUT2D eigenvalue weighted by Crippen LogP contribution is 2.29. The number of benzene rings is 4. The van der Waals surface area contributed by atoms with Crippen LogP contribution in [0.4, 0.5) is 13.2 Å². The summed E-state index contributed by atoms with van der Waals surface area (Å²) in [6, 6.07) is 28.5. The fraction of sp³-hybridized carbons (Fsp3) is 0.0741. The third-order valence-corrected chi connectivity index (χ3v) is 5.01. The van der Waals surface area contributed by atoms with E-state index in [0.29, 0.717) is 35.3 Å². The maximum atomic E-state index is 12.3. The van der Waals surface area contributed by atoms with E-state index in [1.165, 1.54) is 24.3 Å². The number of aldehydes is 1. The Labute approximate surface area is 189 Å². The van der Waals surface area contributed by atoms with Crippen LogP contribution in [0.5, 0.6) is 11.5 Å². The van der Waals surface area contributed by atoms with Crippen LogP contribution in [-0.2, 0) is 6.61 Å². The molecule has 0 atom stereocenters. The fourth-order valence-electron chi connectivity index (χ4n) is 3.39. The minimum atomic E-state index is -4.74. The van der Waals surface area contributed by atoms with Gasteiger partial charge in [-0.25, -0.2) is 0 Å². The van der Waals surface area contributed by atoms with E-state index in [9.17, 15) is 18.0 Å². The first kappa shape index (κ1) is 22.1. The quantitative estimate of drug-likeness (QED) is 0.278. The second kappa shape index (κ2) is 9.61. The molecule has 0 aliphatic rings. The van der Waals surface area contributed by atoms with Crippen LogP contribution in [0.2, 0.25) is 0 Å². The van der Waals surface area contributed by atoms with Gasteiger partial charge >= 0.3 is 6.36 Å². The van der Waals surface area contributed by atoms with Crippen molar-refractivity contribution in [3.8, 4) is 33.8 Å². The van der Waals surface area contributed by atoms with Crippen molar-refractivity contribution in [3.63, 3.8) is 0 Å². The highest BCUT2D eigenvalue weighted by atomic mass is 19.4. The van der Waals surface area contributed by atoms with Crippen LogP contribution in [-0.4, -0.2) is 12.6 Å². The SMILES string of the molecule is O=Cc1cc(-c2ccc(OC(F)(F)F)cc2)ccc1OCc1ccc(-c2ccccc2)cc1. The predicted octanol–water partition coefficient (Wildman–Crippen LogP) is 7.31. The van der Waals surface area contributed by atoms with Gasteiger partial charge in [-0.3, -0.25) is 4.79 Å². The lowest BCUT2D eigenvalue weighted by Crippen LogP contribution is -2.16. The van der Waals surface area contributed by atoms with Crippen molar-refractivity contribution in [1.82, 2.24) is 0 Å². The Kier molecular flexibility index (Phi) is 6.45. The van der Waals surface area contributed by atoms with Gasteiger partial charge in [0.15, 0.2) is 6.29 Å². The number of ether oxygens (including phenoxy) is 2. The third-order valence-electron chi connectivity index (χ3n) is 5.01. The van der Waals surface area contributed by atoms with E-state index in [4.69, 9.17) is 4.74 Å². The molecule has 4 aromatic rings. The average molecular weight is 448 g/mol. The molecule has 33 heavy (non-hydrogen) atoms. The summed E-state index contributed by atoms with van der Waals surface area (Å²) in [5, 5.41) is 0. The normalized spacial score (nSPS) is 11.1. The molecule has 166 valence electrons. The first-order valence-corrected chi connectivity index (χ1v) is 10.1. The van der Waals surface area contributed by atoms with E-state index in [2.05, 4.69) is 4.74 Å². The molecule has 6 heteroatoms. The molecular formula is C27H19F3O3. The molecule has 0 N–H and O–H groups in total. The van der Waals surface area contributed by atoms with Crippen LogP contribution in [0.25, 0.3) is 22.3 Å². The summed E-state index contributed by atoms with van der Waals surface area (Å²) >= 11 is 0. The predicted molar refractivity (Wildman–Crippen MR) is 120 cm³/mol. The second-order valence-corrected chi connectivity index (χ2v) is 7.29. The van der Waals surface area contributed by atoms with Crippen LogP contribution < -0.4 is 9.47 Å². The summed E-state index contributed by atoms with van der Waals surface area (Å²) in [6.07, 6.45) is -4.05. The Bertz CT molecular complexity index is 1220. The minimum Gasteiger partial charge on any atom is -0.488 e. The zero-order chi connectivity index (χ0) is 23.3. The molecule has 0 fully saturated rings. The number of carbonyl (C=O) groups is 1. The van der Waals surface area contributed by atoms with E-state index in [0.717, 1.165) is 16.7 Å². The van der Waals surface area contributed by atoms with Crippen molar-refractivity contribution in [2.45, 2.75) is 13.0 Å². The van der Waals surface area contributed by atoms with Crippen molar-refractivity contribution in [3.05, 3.63) is 108 Å². The maximum absolute atomic E-state index is 12.3. The monoisotopic (exact) mass is 448 g/mol. The highest BCUT2D eigenvalue weighted by Gasteiger charge is 2.30. The summed E-state index contributed by atoms with van der Waals surface area (Å²) in [7, 11) is 0. The molecule has 0 saturated carbocycles. The largest absolute Gasteiger partial charge is 0.573 e. The van der Waals surface area contributed by atoms with E-state index < -0.39 is 6.36 Å². The molecule has 0 amide bonds. The van der Waals surface area contributed by atoms with Gasteiger partial charge in [0.25, 0.3) is 0 Å². The average Bonchev–Trinajstić information content (AvgIpc) is 2.83. The van der Waals surface area contributed by atoms with Crippen LogP contribution in [0, 0.1) is 0 Å². The molecular weight excluding hydrogens is 429 g/mol. The molecule has 4 aromatic carbocycles. The molecule has 0 spiro atoms. The van der Waals surface area contributed by atoms with Crippen LogP contribution in [0.15, 0.2) is 97.1 Å². The van der Waals surface area contributed by atoms with Gasteiger partial charge in [0.2, 0.25) is 0 Å². The Morgan fingerprint density at radius 3 is 1.91 bits per heavy atom. The smallest absolute Gasteiger partial charge is 0.488 e. The van der Waals surface area contributed by atoms with Crippen LogP contribution in [0.3, 0.4) is 0 Å². The van der Waals surface area contributed by atoms with Gasteiger partial charge in [0.05, 0.1) is 5.56 Å². The first-order chi connectivity index (χ1) is 15.9. The number of halogens is 3. The topological polar surface area (TPSA) is 35.5 Å². The molecule has 0 aromatic heterocycles. The van der Waals surface area contributed by atoms with Gasteiger partial charge in [-0.1, -0.05) is 72.8 Å². The zero-order valence-electron chi connectivity index (χ0n) is 17.4. The minimum absolute atomic E-state index is 0.290. The molecule has 4 rings (SSSR count). The van der Waals surface area contributed by atoms with Crippen LogP contribution >= 0.6 is 0 Å². The molecule has 0 heterocycles.